The Kier molecular flexibility index (Phi) is 13.6. The lowest BCUT2D eigenvalue weighted by atomic mass is 9.99. The highest BCUT2D eigenvalue weighted by atomic mass is 28.3. The molecule has 4 aromatic rings. The fourth-order valence-electron chi connectivity index (χ4n) is 8.37. The minimum absolute atomic E-state index is 1.14. The van der Waals surface area contributed by atoms with Gasteiger partial charge in [0.25, 0.3) is 0 Å². The molecule has 0 atom stereocenters. The van der Waals surface area contributed by atoms with Crippen molar-refractivity contribution >= 4 is 40.2 Å². The summed E-state index contributed by atoms with van der Waals surface area (Å²) < 4.78 is 0. The van der Waals surface area contributed by atoms with E-state index in [1.54, 1.807) is 10.4 Å². The van der Waals surface area contributed by atoms with E-state index in [2.05, 4.69) is 136 Å². The second kappa shape index (κ2) is 18.1. The molecule has 4 aromatic carbocycles. The predicted octanol–water partition coefficient (Wildman–Crippen LogP) is 10.0. The highest BCUT2D eigenvalue weighted by molar-refractivity contribution is 7.22. The minimum Gasteiger partial charge on any atom is -0.371 e. The van der Waals surface area contributed by atoms with Gasteiger partial charge in [0.15, 0.2) is 8.07 Å². The van der Waals surface area contributed by atoms with Crippen molar-refractivity contribution in [2.75, 3.05) is 36.0 Å². The maximum absolute atomic E-state index is 2.74. The predicted molar refractivity (Wildman–Crippen MR) is 221 cm³/mol. The first kappa shape index (κ1) is 37.0. The van der Waals surface area contributed by atoms with Crippen molar-refractivity contribution in [3.63, 3.8) is 0 Å². The summed E-state index contributed by atoms with van der Waals surface area (Å²) >= 11 is 0. The molecule has 0 bridgehead atoms. The summed E-state index contributed by atoms with van der Waals surface area (Å²) in [5, 5.41) is 6.13. The van der Waals surface area contributed by atoms with Gasteiger partial charge in [-0.3, -0.25) is 0 Å². The fraction of sp³-hybridized carbons (Fsp3) is 0.478. The van der Waals surface area contributed by atoms with Crippen LogP contribution in [0.15, 0.2) is 84.9 Å². The van der Waals surface area contributed by atoms with Crippen molar-refractivity contribution in [3.05, 3.63) is 96.1 Å². The van der Waals surface area contributed by atoms with Crippen molar-refractivity contribution in [1.82, 2.24) is 0 Å². The molecular weight excluding hydrogens is 609 g/mol. The number of aryl methyl sites for hydroxylation is 2. The normalized spacial score (nSPS) is 12.9. The molecule has 1 aliphatic heterocycles. The Morgan fingerprint density at radius 2 is 0.755 bits per heavy atom. The van der Waals surface area contributed by atoms with Gasteiger partial charge in [-0.1, -0.05) is 152 Å². The van der Waals surface area contributed by atoms with Crippen molar-refractivity contribution in [1.29, 1.82) is 0 Å². The van der Waals surface area contributed by atoms with Gasteiger partial charge in [0, 0.05) is 37.6 Å². The molecule has 5 rings (SSSR count). The lowest BCUT2D eigenvalue weighted by Crippen LogP contribution is -2.72. The van der Waals surface area contributed by atoms with Crippen molar-refractivity contribution in [2.24, 2.45) is 0 Å². The van der Waals surface area contributed by atoms with Crippen LogP contribution in [0.1, 0.15) is 116 Å². The Labute approximate surface area is 301 Å². The summed E-state index contributed by atoms with van der Waals surface area (Å²) in [4.78, 5) is 5.48. The molecule has 0 fully saturated rings. The van der Waals surface area contributed by atoms with E-state index in [1.807, 2.05) is 0 Å². The van der Waals surface area contributed by atoms with E-state index in [4.69, 9.17) is 0 Å². The van der Waals surface area contributed by atoms with Crippen LogP contribution in [0.25, 0.3) is 11.1 Å². The van der Waals surface area contributed by atoms with Gasteiger partial charge < -0.3 is 9.80 Å². The molecule has 1 heterocycles. The second-order valence-corrected chi connectivity index (χ2v) is 18.4. The molecule has 0 saturated heterocycles. The number of fused-ring (bicyclic) bond motifs is 3. The van der Waals surface area contributed by atoms with E-state index in [9.17, 15) is 0 Å². The zero-order valence-corrected chi connectivity index (χ0v) is 32.8. The molecule has 262 valence electrons. The number of rotatable bonds is 20. The first-order chi connectivity index (χ1) is 24.0. The van der Waals surface area contributed by atoms with Gasteiger partial charge in [0.1, 0.15) is 0 Å². The van der Waals surface area contributed by atoms with Crippen molar-refractivity contribution in [3.8, 4) is 11.1 Å². The first-order valence-corrected chi connectivity index (χ1v) is 21.9. The van der Waals surface area contributed by atoms with Gasteiger partial charge in [0.2, 0.25) is 0 Å². The summed E-state index contributed by atoms with van der Waals surface area (Å²) in [6.07, 6.45) is 15.3. The summed E-state index contributed by atoms with van der Waals surface area (Å²) in [5.74, 6) is 0. The number of hydrogen-bond donors (Lipinski definition) is 0. The van der Waals surface area contributed by atoms with E-state index in [1.165, 1.54) is 121 Å². The van der Waals surface area contributed by atoms with E-state index in [0.29, 0.717) is 0 Å². The number of unbranched alkanes of at least 4 members (excludes halogenated alkanes) is 8. The van der Waals surface area contributed by atoms with Crippen LogP contribution >= 0.6 is 0 Å². The molecule has 0 saturated carbocycles. The minimum atomic E-state index is -2.57. The van der Waals surface area contributed by atoms with Crippen LogP contribution in [0.2, 0.25) is 0 Å². The summed E-state index contributed by atoms with van der Waals surface area (Å²) in [6.45, 7) is 18.6. The maximum Gasteiger partial charge on any atom is 0.180 e. The van der Waals surface area contributed by atoms with Crippen LogP contribution in [0, 0.1) is 13.8 Å². The lowest BCUT2D eigenvalue weighted by molar-refractivity contribution is 0.635. The molecule has 0 radical (unpaired) electrons. The number of nitrogens with zero attached hydrogens (tertiary/aromatic N) is 2. The number of hydrogen-bond acceptors (Lipinski definition) is 2. The molecule has 0 aliphatic carbocycles. The number of benzene rings is 4. The van der Waals surface area contributed by atoms with Crippen LogP contribution in [-0.4, -0.2) is 34.3 Å². The number of anilines is 2. The van der Waals surface area contributed by atoms with Gasteiger partial charge in [-0.2, -0.15) is 0 Å². The molecule has 0 amide bonds. The second-order valence-electron chi connectivity index (χ2n) is 14.7. The quantitative estimate of drug-likeness (QED) is 0.0600. The van der Waals surface area contributed by atoms with Crippen molar-refractivity contribution in [2.45, 2.75) is 119 Å². The van der Waals surface area contributed by atoms with Gasteiger partial charge in [0.05, 0.1) is 0 Å². The molecule has 0 N–H and O–H groups in total. The third-order valence-corrected chi connectivity index (χ3v) is 15.8. The Balaban J connectivity index is 1.77. The SMILES string of the molecule is CCCCCN(CCCCC)c1cc2c(cc1C)[Si](c1ccccc1)(c1ccccc1)c1cc(C)c(N(CCCCC)CCCCC)cc1-2. The Bertz CT molecular complexity index is 1450. The standard InChI is InChI=1S/C46H64N2Si/c1-7-11-21-29-47(30-22-12-8-2)43-35-41-42-36-44(48(31-23-13-9-3)32-24-14-10-4)38(6)34-46(42)49(45(41)33-37(43)5,39-25-17-15-18-26-39)40-27-19-16-20-28-40/h15-20,25-28,33-36H,7-14,21-24,29-32H2,1-6H3. The van der Waals surface area contributed by atoms with Gasteiger partial charge in [-0.05, 0) is 94.7 Å². The van der Waals surface area contributed by atoms with E-state index >= 15 is 0 Å². The Morgan fingerprint density at radius 1 is 0.429 bits per heavy atom. The van der Waals surface area contributed by atoms with Crippen LogP contribution in [0.5, 0.6) is 0 Å². The molecular formula is C46H64N2Si. The highest BCUT2D eigenvalue weighted by Crippen LogP contribution is 2.37. The van der Waals surface area contributed by atoms with Gasteiger partial charge in [-0.15, -0.1) is 0 Å². The maximum atomic E-state index is 2.74. The van der Waals surface area contributed by atoms with Crippen molar-refractivity contribution < 1.29 is 0 Å². The highest BCUT2D eigenvalue weighted by Gasteiger charge is 2.49. The zero-order valence-electron chi connectivity index (χ0n) is 31.8. The van der Waals surface area contributed by atoms with Crippen LogP contribution < -0.4 is 30.5 Å². The molecule has 0 unspecified atom stereocenters. The monoisotopic (exact) mass is 672 g/mol. The van der Waals surface area contributed by atoms with Crippen LogP contribution in [-0.2, 0) is 0 Å². The van der Waals surface area contributed by atoms with Crippen LogP contribution in [0.4, 0.5) is 11.4 Å². The average Bonchev–Trinajstić information content (AvgIpc) is 3.39. The van der Waals surface area contributed by atoms with Gasteiger partial charge >= 0.3 is 0 Å². The summed E-state index contributed by atoms with van der Waals surface area (Å²) in [5.41, 5.74) is 8.73. The third-order valence-electron chi connectivity index (χ3n) is 11.0. The first-order valence-electron chi connectivity index (χ1n) is 19.9. The van der Waals surface area contributed by atoms with Gasteiger partial charge in [-0.25, -0.2) is 0 Å². The van der Waals surface area contributed by atoms with Crippen LogP contribution in [0.3, 0.4) is 0 Å². The topological polar surface area (TPSA) is 6.48 Å². The van der Waals surface area contributed by atoms with E-state index in [0.717, 1.165) is 26.2 Å². The smallest absolute Gasteiger partial charge is 0.180 e. The third kappa shape index (κ3) is 8.04. The molecule has 1 aliphatic rings. The largest absolute Gasteiger partial charge is 0.371 e. The van der Waals surface area contributed by atoms with E-state index < -0.39 is 8.07 Å². The molecule has 49 heavy (non-hydrogen) atoms. The Morgan fingerprint density at radius 3 is 1.06 bits per heavy atom. The average molecular weight is 673 g/mol. The molecule has 0 aromatic heterocycles. The zero-order chi connectivity index (χ0) is 34.6. The van der Waals surface area contributed by atoms with E-state index in [-0.39, 0.29) is 0 Å². The molecule has 3 heteroatoms. The molecule has 0 spiro atoms. The fourth-order valence-corrected chi connectivity index (χ4v) is 13.7. The summed E-state index contributed by atoms with van der Waals surface area (Å²) in [7, 11) is -2.57. The molecule has 2 nitrogen and oxygen atoms in total. The lowest BCUT2D eigenvalue weighted by Gasteiger charge is -2.33. The summed E-state index contributed by atoms with van der Waals surface area (Å²) in [6, 6.07) is 33.7. The Hall–Kier alpha value is -3.30.